The van der Waals surface area contributed by atoms with Gasteiger partial charge in [0.2, 0.25) is 28.3 Å². The molecule has 0 unspecified atom stereocenters. The monoisotopic (exact) mass is 774 g/mol. The Kier molecular flexibility index (Phi) is 15.1. The second-order valence-corrected chi connectivity index (χ2v) is 16.2. The summed E-state index contributed by atoms with van der Waals surface area (Å²) in [5.41, 5.74) is 0.765. The lowest BCUT2D eigenvalue weighted by Gasteiger charge is -2.33. The molecule has 1 aliphatic carbocycles. The molecule has 4 fully saturated rings. The number of halogens is 2. The van der Waals surface area contributed by atoms with Gasteiger partial charge in [0.05, 0.1) is 5.75 Å². The number of benzene rings is 1. The van der Waals surface area contributed by atoms with Gasteiger partial charge >= 0.3 is 6.03 Å². The van der Waals surface area contributed by atoms with E-state index in [0.717, 1.165) is 25.9 Å². The molecule has 1 aromatic carbocycles. The number of carbonyl (C=O) groups excluding carboxylic acids is 3. The summed E-state index contributed by atoms with van der Waals surface area (Å²) in [6.07, 6.45) is 11.4. The van der Waals surface area contributed by atoms with Crippen molar-refractivity contribution in [2.45, 2.75) is 96.1 Å². The second-order valence-electron chi connectivity index (χ2n) is 14.1. The van der Waals surface area contributed by atoms with Gasteiger partial charge in [-0.05, 0) is 81.5 Å². The minimum Gasteiger partial charge on any atom is -0.490 e. The van der Waals surface area contributed by atoms with Gasteiger partial charge in [0, 0.05) is 62.6 Å². The first kappa shape index (κ1) is 41.0. The number of nitrogens with one attached hydrogen (secondary N) is 3. The molecule has 54 heavy (non-hydrogen) atoms. The first-order chi connectivity index (χ1) is 26.0. The van der Waals surface area contributed by atoms with Crippen molar-refractivity contribution in [2.24, 2.45) is 0 Å². The van der Waals surface area contributed by atoms with E-state index in [1.165, 1.54) is 60.5 Å². The van der Waals surface area contributed by atoms with Crippen molar-refractivity contribution in [3.63, 3.8) is 0 Å². The Hall–Kier alpha value is -4.22. The molecule has 0 spiro atoms. The highest BCUT2D eigenvalue weighted by Crippen LogP contribution is 2.25. The van der Waals surface area contributed by atoms with Gasteiger partial charge in [-0.25, -0.2) is 31.3 Å². The number of anilines is 3. The number of sulfonamides is 1. The van der Waals surface area contributed by atoms with Gasteiger partial charge in [0.15, 0.2) is 0 Å². The maximum absolute atomic E-state index is 13.1. The maximum Gasteiger partial charge on any atom is 0.328 e. The predicted octanol–water partition coefficient (Wildman–Crippen LogP) is 5.25. The number of nitrogens with zero attached hydrogens (tertiary/aromatic N) is 5. The highest BCUT2D eigenvalue weighted by atomic mass is 32.2. The summed E-state index contributed by atoms with van der Waals surface area (Å²) < 4.78 is 59.8. The van der Waals surface area contributed by atoms with Gasteiger partial charge in [-0.3, -0.25) is 19.8 Å². The summed E-state index contributed by atoms with van der Waals surface area (Å²) in [6.45, 7) is 4.60. The van der Waals surface area contributed by atoms with Crippen LogP contribution >= 0.6 is 0 Å². The van der Waals surface area contributed by atoms with Crippen molar-refractivity contribution in [3.05, 3.63) is 41.6 Å². The maximum atomic E-state index is 13.1. The summed E-state index contributed by atoms with van der Waals surface area (Å²) in [4.78, 5) is 46.7. The molecule has 2 aromatic rings. The van der Waals surface area contributed by atoms with E-state index in [2.05, 4.69) is 30.8 Å². The van der Waals surface area contributed by atoms with E-state index in [-0.39, 0.29) is 53.1 Å². The average Bonchev–Trinajstić information content (AvgIpc) is 3.75. The van der Waals surface area contributed by atoms with Crippen LogP contribution in [0.2, 0.25) is 0 Å². The van der Waals surface area contributed by atoms with Crippen LogP contribution in [0.3, 0.4) is 0 Å². The molecule has 0 radical (unpaired) electrons. The van der Waals surface area contributed by atoms with E-state index in [1.807, 2.05) is 12.1 Å². The highest BCUT2D eigenvalue weighted by Gasteiger charge is 2.29. The molecule has 17 heteroatoms. The van der Waals surface area contributed by atoms with E-state index in [9.17, 15) is 31.6 Å². The largest absolute Gasteiger partial charge is 0.490 e. The molecule has 296 valence electrons. The van der Waals surface area contributed by atoms with Crippen LogP contribution in [0.15, 0.2) is 36.0 Å². The Morgan fingerprint density at radius 2 is 1.67 bits per heavy atom. The molecule has 1 saturated carbocycles. The van der Waals surface area contributed by atoms with Crippen LogP contribution in [-0.2, 0) is 19.6 Å². The quantitative estimate of drug-likeness (QED) is 0.216. The van der Waals surface area contributed by atoms with Gasteiger partial charge in [-0.2, -0.15) is 4.98 Å². The molecule has 0 atom stereocenters. The third-order valence-electron chi connectivity index (χ3n) is 10.1. The van der Waals surface area contributed by atoms with E-state index in [4.69, 9.17) is 4.74 Å². The summed E-state index contributed by atoms with van der Waals surface area (Å²) in [5.74, 6) is 0.812. The van der Waals surface area contributed by atoms with Crippen molar-refractivity contribution < 1.29 is 36.3 Å². The van der Waals surface area contributed by atoms with Crippen LogP contribution in [-0.4, -0.2) is 110 Å². The smallest absolute Gasteiger partial charge is 0.328 e. The topological polar surface area (TPSA) is 166 Å². The van der Waals surface area contributed by atoms with Crippen molar-refractivity contribution in [3.8, 4) is 5.75 Å². The zero-order chi connectivity index (χ0) is 38.5. The summed E-state index contributed by atoms with van der Waals surface area (Å²) in [5, 5.41) is 7.90. The number of imide groups is 1. The Morgan fingerprint density at radius 3 is 2.28 bits per heavy atom. The lowest BCUT2D eigenvalue weighted by atomic mass is 10.1. The molecular weight excluding hydrogens is 723 g/mol. The summed E-state index contributed by atoms with van der Waals surface area (Å²) in [6, 6.07) is 6.73. The molecule has 1 aromatic heterocycles. The number of hydrogen-bond donors (Lipinski definition) is 3. The van der Waals surface area contributed by atoms with Gasteiger partial charge in [0.25, 0.3) is 6.43 Å². The standard InChI is InChI=1S/C32H42F2N8O6S.C5H10/c1-22(29(33)34)19-23-20-35-31(39-30(23)36-21-43)37-24-7-15-41(16-8-24)49(46,47)18-2-12-40-13-9-27(10-14-40)48-26-5-3-25(4-6-26)42-17-11-28(44)38-32(42)45;1-2-4-5-3-1/h3-6,19-21,24,27,29H,2,7-18H2,1H3,(H,38,44,45)(H2,35,36,37,39,43);1-5H2/b22-19+;. The number of aromatic nitrogens is 2. The van der Waals surface area contributed by atoms with Crippen LogP contribution in [0.4, 0.5) is 31.0 Å². The highest BCUT2D eigenvalue weighted by molar-refractivity contribution is 7.89. The SMILES string of the molecule is C/C(=C\c1cnc(NC2CCN(S(=O)(=O)CCCN3CCC(Oc4ccc(N5CCC(=O)NC5=O)cc4)CC3)CC2)nc1NC=O)C(F)F.C1CCCC1. The second kappa shape index (κ2) is 19.9. The normalized spacial score (nSPS) is 19.6. The molecule has 3 aliphatic heterocycles. The average molecular weight is 775 g/mol. The number of amides is 4. The van der Waals surface area contributed by atoms with E-state index in [0.29, 0.717) is 63.3 Å². The Morgan fingerprint density at radius 1 is 1.00 bits per heavy atom. The lowest BCUT2D eigenvalue weighted by molar-refractivity contribution is -0.120. The predicted molar refractivity (Wildman–Crippen MR) is 203 cm³/mol. The molecule has 4 amide bonds. The minimum atomic E-state index is -3.43. The lowest BCUT2D eigenvalue weighted by Crippen LogP contribution is -2.49. The zero-order valence-electron chi connectivity index (χ0n) is 30.9. The van der Waals surface area contributed by atoms with Crippen molar-refractivity contribution in [1.29, 1.82) is 0 Å². The molecule has 4 heterocycles. The molecular formula is C37H52F2N8O6S. The fourth-order valence-electron chi connectivity index (χ4n) is 6.95. The minimum absolute atomic E-state index is 0.0411. The number of likely N-dealkylation sites (tertiary alicyclic amines) is 1. The van der Waals surface area contributed by atoms with E-state index < -0.39 is 22.5 Å². The Bertz CT molecular complexity index is 1690. The van der Waals surface area contributed by atoms with Crippen molar-refractivity contribution >= 4 is 51.9 Å². The first-order valence-electron chi connectivity index (χ1n) is 18.9. The Labute approximate surface area is 316 Å². The van der Waals surface area contributed by atoms with E-state index in [1.54, 1.807) is 12.1 Å². The Balaban J connectivity index is 0.00000103. The molecule has 3 N–H and O–H groups in total. The fraction of sp³-hybridized carbons (Fsp3) is 0.595. The van der Waals surface area contributed by atoms with Gasteiger partial charge in [-0.1, -0.05) is 32.1 Å². The van der Waals surface area contributed by atoms with Crippen molar-refractivity contribution in [1.82, 2.24) is 24.5 Å². The van der Waals surface area contributed by atoms with Gasteiger partial charge in [0.1, 0.15) is 17.7 Å². The van der Waals surface area contributed by atoms with Gasteiger partial charge in [-0.15, -0.1) is 0 Å². The van der Waals surface area contributed by atoms with E-state index >= 15 is 0 Å². The number of alkyl halides is 2. The number of hydrogen-bond acceptors (Lipinski definition) is 10. The zero-order valence-corrected chi connectivity index (χ0v) is 31.7. The van der Waals surface area contributed by atoms with Crippen LogP contribution in [0.1, 0.15) is 83.1 Å². The first-order valence-corrected chi connectivity index (χ1v) is 20.5. The third kappa shape index (κ3) is 12.1. The molecule has 14 nitrogen and oxygen atoms in total. The molecule has 3 saturated heterocycles. The molecule has 0 bridgehead atoms. The van der Waals surface area contributed by atoms with Gasteiger partial charge < -0.3 is 20.3 Å². The summed E-state index contributed by atoms with van der Waals surface area (Å²) in [7, 11) is -3.43. The number of carbonyl (C=O) groups is 3. The van der Waals surface area contributed by atoms with Crippen LogP contribution in [0.5, 0.6) is 5.75 Å². The molecule has 6 rings (SSSR count). The molecule has 4 aliphatic rings. The fourth-order valence-corrected chi connectivity index (χ4v) is 8.47. The third-order valence-corrected chi connectivity index (χ3v) is 12.0. The van der Waals surface area contributed by atoms with Crippen LogP contribution in [0.25, 0.3) is 6.08 Å². The summed E-state index contributed by atoms with van der Waals surface area (Å²) >= 11 is 0. The number of allylic oxidation sites excluding steroid dienone is 1. The number of piperidine rings is 2. The van der Waals surface area contributed by atoms with Crippen LogP contribution in [0, 0.1) is 0 Å². The van der Waals surface area contributed by atoms with Crippen molar-refractivity contribution in [2.75, 3.05) is 60.6 Å². The number of ether oxygens (including phenoxy) is 1. The van der Waals surface area contributed by atoms with Crippen LogP contribution < -0.4 is 25.6 Å². The number of rotatable bonds is 14. The number of urea groups is 1.